The lowest BCUT2D eigenvalue weighted by molar-refractivity contribution is 0.0468. The van der Waals surface area contributed by atoms with Gasteiger partial charge in [-0.2, -0.15) is 0 Å². The van der Waals surface area contributed by atoms with Crippen LogP contribution < -0.4 is 11.1 Å². The topological polar surface area (TPSA) is 75.3 Å². The predicted octanol–water partition coefficient (Wildman–Crippen LogP) is 2.00. The molecule has 0 aliphatic rings. The van der Waals surface area contributed by atoms with E-state index in [1.807, 2.05) is 6.92 Å². The summed E-state index contributed by atoms with van der Waals surface area (Å²) in [6.45, 7) is 5.21. The molecule has 1 atom stereocenters. The molecule has 5 heteroatoms. The Kier molecular flexibility index (Phi) is 4.89. The fraction of sp³-hybridized carbons (Fsp3) is 0.500. The fourth-order valence-corrected chi connectivity index (χ4v) is 1.96. The van der Waals surface area contributed by atoms with E-state index >= 15 is 0 Å². The van der Waals surface area contributed by atoms with Crippen molar-refractivity contribution >= 4 is 11.6 Å². The molecule has 0 aliphatic carbocycles. The molecule has 1 unspecified atom stereocenters. The molecule has 4 N–H and O–H groups in total. The van der Waals surface area contributed by atoms with Gasteiger partial charge in [-0.3, -0.25) is 4.79 Å². The van der Waals surface area contributed by atoms with Crippen molar-refractivity contribution in [1.82, 2.24) is 5.32 Å². The Balaban J connectivity index is 2.80. The van der Waals surface area contributed by atoms with E-state index in [0.29, 0.717) is 17.7 Å². The van der Waals surface area contributed by atoms with Gasteiger partial charge in [0, 0.05) is 12.2 Å². The molecular weight excluding hydrogens is 247 g/mol. The van der Waals surface area contributed by atoms with Crippen molar-refractivity contribution < 1.29 is 14.3 Å². The van der Waals surface area contributed by atoms with Gasteiger partial charge < -0.3 is 16.2 Å². The Morgan fingerprint density at radius 1 is 1.53 bits per heavy atom. The number of hydrogen-bond donors (Lipinski definition) is 3. The molecule has 1 amide bonds. The summed E-state index contributed by atoms with van der Waals surface area (Å²) in [5, 5.41) is 12.5. The highest BCUT2D eigenvalue weighted by Crippen LogP contribution is 2.17. The zero-order chi connectivity index (χ0) is 14.6. The van der Waals surface area contributed by atoms with Crippen molar-refractivity contribution in [2.75, 3.05) is 12.3 Å². The van der Waals surface area contributed by atoms with Crippen LogP contribution in [0.25, 0.3) is 0 Å². The first-order valence-electron chi connectivity index (χ1n) is 6.33. The molecule has 0 saturated heterocycles. The standard InChI is InChI=1S/C14H21FN2O2/c1-4-5-14(3,19)8-17-13(18)11-7-10(16)6-9(2)12(11)15/h6-7,19H,4-5,8,16H2,1-3H3,(H,17,18). The maximum absolute atomic E-state index is 13.8. The molecule has 1 aromatic carbocycles. The van der Waals surface area contributed by atoms with Crippen LogP contribution in [0.2, 0.25) is 0 Å². The van der Waals surface area contributed by atoms with Crippen molar-refractivity contribution in [2.45, 2.75) is 39.2 Å². The number of hydrogen-bond acceptors (Lipinski definition) is 3. The Morgan fingerprint density at radius 3 is 2.74 bits per heavy atom. The number of nitrogens with one attached hydrogen (secondary N) is 1. The van der Waals surface area contributed by atoms with Gasteiger partial charge in [0.15, 0.2) is 0 Å². The van der Waals surface area contributed by atoms with Crippen LogP contribution in [0, 0.1) is 12.7 Å². The number of anilines is 1. The van der Waals surface area contributed by atoms with Crippen LogP contribution in [0.3, 0.4) is 0 Å². The van der Waals surface area contributed by atoms with Crippen molar-refractivity contribution in [3.63, 3.8) is 0 Å². The van der Waals surface area contributed by atoms with Gasteiger partial charge in [0.25, 0.3) is 5.91 Å². The number of benzene rings is 1. The molecule has 0 heterocycles. The van der Waals surface area contributed by atoms with Crippen LogP contribution in [0.15, 0.2) is 12.1 Å². The third-order valence-corrected chi connectivity index (χ3v) is 2.94. The molecule has 0 saturated carbocycles. The molecule has 0 radical (unpaired) electrons. The van der Waals surface area contributed by atoms with Gasteiger partial charge in [-0.25, -0.2) is 4.39 Å². The quantitative estimate of drug-likeness (QED) is 0.715. The molecule has 106 valence electrons. The first-order chi connectivity index (χ1) is 8.76. The van der Waals surface area contributed by atoms with Crippen molar-refractivity contribution in [3.8, 4) is 0 Å². The lowest BCUT2D eigenvalue weighted by atomic mass is 10.0. The molecule has 19 heavy (non-hydrogen) atoms. The average Bonchev–Trinajstić information content (AvgIpc) is 2.31. The summed E-state index contributed by atoms with van der Waals surface area (Å²) in [5.74, 6) is -1.15. The maximum Gasteiger partial charge on any atom is 0.254 e. The van der Waals surface area contributed by atoms with Crippen LogP contribution in [-0.4, -0.2) is 23.2 Å². The summed E-state index contributed by atoms with van der Waals surface area (Å²) in [4.78, 5) is 11.9. The maximum atomic E-state index is 13.8. The van der Waals surface area contributed by atoms with E-state index in [4.69, 9.17) is 5.73 Å². The normalized spacial score (nSPS) is 13.9. The predicted molar refractivity (Wildman–Crippen MR) is 73.4 cm³/mol. The monoisotopic (exact) mass is 268 g/mol. The summed E-state index contributed by atoms with van der Waals surface area (Å²) < 4.78 is 13.8. The third kappa shape index (κ3) is 4.21. The van der Waals surface area contributed by atoms with E-state index in [-0.39, 0.29) is 12.1 Å². The number of halogens is 1. The Morgan fingerprint density at radius 2 is 2.16 bits per heavy atom. The van der Waals surface area contributed by atoms with Gasteiger partial charge in [0.05, 0.1) is 11.2 Å². The number of carbonyl (C=O) groups is 1. The minimum Gasteiger partial charge on any atom is -0.399 e. The number of aryl methyl sites for hydroxylation is 1. The Hall–Kier alpha value is -1.62. The van der Waals surface area contributed by atoms with Gasteiger partial charge >= 0.3 is 0 Å². The summed E-state index contributed by atoms with van der Waals surface area (Å²) in [6.07, 6.45) is 1.36. The third-order valence-electron chi connectivity index (χ3n) is 2.94. The van der Waals surface area contributed by atoms with Crippen molar-refractivity contribution in [2.24, 2.45) is 0 Å². The van der Waals surface area contributed by atoms with Gasteiger partial charge in [-0.1, -0.05) is 13.3 Å². The van der Waals surface area contributed by atoms with Crippen LogP contribution in [0.1, 0.15) is 42.6 Å². The Labute approximate surface area is 112 Å². The van der Waals surface area contributed by atoms with Crippen LogP contribution in [0.5, 0.6) is 0 Å². The summed E-state index contributed by atoms with van der Waals surface area (Å²) in [6, 6.07) is 2.77. The summed E-state index contributed by atoms with van der Waals surface area (Å²) in [5.41, 5.74) is 5.18. The number of nitrogen functional groups attached to an aromatic ring is 1. The second-order valence-corrected chi connectivity index (χ2v) is 5.13. The van der Waals surface area contributed by atoms with Crippen molar-refractivity contribution in [1.29, 1.82) is 0 Å². The Bertz CT molecular complexity index is 473. The largest absolute Gasteiger partial charge is 0.399 e. The van der Waals surface area contributed by atoms with E-state index in [1.165, 1.54) is 12.1 Å². The fourth-order valence-electron chi connectivity index (χ4n) is 1.96. The highest BCUT2D eigenvalue weighted by Gasteiger charge is 2.21. The van der Waals surface area contributed by atoms with E-state index < -0.39 is 17.3 Å². The molecule has 0 spiro atoms. The molecule has 1 aromatic rings. The van der Waals surface area contributed by atoms with Gasteiger partial charge in [-0.05, 0) is 38.0 Å². The lowest BCUT2D eigenvalue weighted by Gasteiger charge is -2.23. The first kappa shape index (κ1) is 15.4. The van der Waals surface area contributed by atoms with Crippen LogP contribution in [0.4, 0.5) is 10.1 Å². The number of rotatable bonds is 5. The molecule has 0 bridgehead atoms. The highest BCUT2D eigenvalue weighted by atomic mass is 19.1. The van der Waals surface area contributed by atoms with E-state index in [0.717, 1.165) is 6.42 Å². The molecule has 4 nitrogen and oxygen atoms in total. The summed E-state index contributed by atoms with van der Waals surface area (Å²) in [7, 11) is 0. The highest BCUT2D eigenvalue weighted by molar-refractivity contribution is 5.95. The van der Waals surface area contributed by atoms with Gasteiger partial charge in [-0.15, -0.1) is 0 Å². The first-order valence-corrected chi connectivity index (χ1v) is 6.33. The average molecular weight is 268 g/mol. The second kappa shape index (κ2) is 6.02. The molecule has 1 rings (SSSR count). The van der Waals surface area contributed by atoms with Gasteiger partial charge in [0.2, 0.25) is 0 Å². The lowest BCUT2D eigenvalue weighted by Crippen LogP contribution is -2.40. The van der Waals surface area contributed by atoms with Crippen molar-refractivity contribution in [3.05, 3.63) is 29.1 Å². The van der Waals surface area contributed by atoms with Crippen LogP contribution in [-0.2, 0) is 0 Å². The summed E-state index contributed by atoms with van der Waals surface area (Å²) >= 11 is 0. The van der Waals surface area contributed by atoms with E-state index in [1.54, 1.807) is 13.8 Å². The van der Waals surface area contributed by atoms with E-state index in [2.05, 4.69) is 5.32 Å². The molecule has 0 aromatic heterocycles. The number of nitrogens with two attached hydrogens (primary N) is 1. The number of amides is 1. The minimum absolute atomic E-state index is 0.0763. The van der Waals surface area contributed by atoms with Gasteiger partial charge in [0.1, 0.15) is 5.82 Å². The SMILES string of the molecule is CCCC(C)(O)CNC(=O)c1cc(N)cc(C)c1F. The van der Waals surface area contributed by atoms with E-state index in [9.17, 15) is 14.3 Å². The number of aliphatic hydroxyl groups is 1. The molecular formula is C14H21FN2O2. The zero-order valence-corrected chi connectivity index (χ0v) is 11.6. The molecule has 0 aliphatic heterocycles. The zero-order valence-electron chi connectivity index (χ0n) is 11.6. The van der Waals surface area contributed by atoms with Crippen LogP contribution >= 0.6 is 0 Å². The minimum atomic E-state index is -0.990. The smallest absolute Gasteiger partial charge is 0.254 e. The molecule has 0 fully saturated rings. The second-order valence-electron chi connectivity index (χ2n) is 5.13. The number of carbonyl (C=O) groups excluding carboxylic acids is 1.